The number of aromatic nitrogens is 1. The van der Waals surface area contributed by atoms with E-state index in [1.54, 1.807) is 24.4 Å². The van der Waals surface area contributed by atoms with E-state index in [0.29, 0.717) is 11.5 Å². The van der Waals surface area contributed by atoms with Crippen LogP contribution in [0.1, 0.15) is 44.7 Å². The van der Waals surface area contributed by atoms with Crippen molar-refractivity contribution in [2.45, 2.75) is 53.0 Å². The summed E-state index contributed by atoms with van der Waals surface area (Å²) in [6, 6.07) is 10.9. The first-order chi connectivity index (χ1) is 14.0. The Balaban J connectivity index is 2.11. The van der Waals surface area contributed by atoms with E-state index in [4.69, 9.17) is 0 Å². The van der Waals surface area contributed by atoms with Crippen LogP contribution < -0.4 is 15.5 Å². The van der Waals surface area contributed by atoms with Gasteiger partial charge in [-0.2, -0.15) is 0 Å². The van der Waals surface area contributed by atoms with Crippen molar-refractivity contribution >= 4 is 29.2 Å². The second-order valence-electron chi connectivity index (χ2n) is 8.39. The number of nitrogens with zero attached hydrogens (tertiary/aromatic N) is 2. The lowest BCUT2D eigenvalue weighted by Crippen LogP contribution is -2.47. The second-order valence-corrected chi connectivity index (χ2v) is 8.39. The first kappa shape index (κ1) is 23.1. The van der Waals surface area contributed by atoms with Crippen LogP contribution in [0.2, 0.25) is 0 Å². The summed E-state index contributed by atoms with van der Waals surface area (Å²) in [6.07, 6.45) is 1.56. The maximum atomic E-state index is 13.0. The minimum atomic E-state index is -0.406. The number of hydrogen-bond acceptors (Lipinski definition) is 4. The molecule has 0 fully saturated rings. The lowest BCUT2D eigenvalue weighted by molar-refractivity contribution is -0.125. The van der Waals surface area contributed by atoms with Crippen LogP contribution in [-0.2, 0) is 14.4 Å². The maximum absolute atomic E-state index is 13.0. The molecule has 2 aromatic rings. The Bertz CT molecular complexity index is 884. The number of benzene rings is 1. The van der Waals surface area contributed by atoms with Crippen molar-refractivity contribution in [2.75, 3.05) is 16.8 Å². The highest BCUT2D eigenvalue weighted by atomic mass is 16.2. The number of nitrogens with one attached hydrogen (secondary N) is 2. The third-order valence-corrected chi connectivity index (χ3v) is 4.13. The smallest absolute Gasteiger partial charge is 0.240 e. The molecule has 0 aliphatic heterocycles. The zero-order chi connectivity index (χ0) is 22.3. The van der Waals surface area contributed by atoms with Crippen LogP contribution in [0, 0.1) is 13.8 Å². The lowest BCUT2D eigenvalue weighted by atomic mass is 10.1. The van der Waals surface area contributed by atoms with Gasteiger partial charge in [-0.1, -0.05) is 12.1 Å². The average molecular weight is 411 g/mol. The van der Waals surface area contributed by atoms with Crippen molar-refractivity contribution < 1.29 is 14.4 Å². The van der Waals surface area contributed by atoms with Crippen molar-refractivity contribution in [3.8, 4) is 0 Å². The summed E-state index contributed by atoms with van der Waals surface area (Å²) in [6.45, 7) is 9.42. The quantitative estimate of drug-likeness (QED) is 0.732. The highest BCUT2D eigenvalue weighted by Crippen LogP contribution is 2.20. The number of pyridine rings is 1. The number of hydrogen-bond donors (Lipinski definition) is 2. The number of rotatable bonds is 7. The summed E-state index contributed by atoms with van der Waals surface area (Å²) >= 11 is 0. The Morgan fingerprint density at radius 3 is 2.20 bits per heavy atom. The Kier molecular flexibility index (Phi) is 7.69. The third kappa shape index (κ3) is 7.66. The van der Waals surface area contributed by atoms with Gasteiger partial charge in [0.25, 0.3) is 0 Å². The second kappa shape index (κ2) is 10.0. The normalized spacial score (nSPS) is 11.0. The summed E-state index contributed by atoms with van der Waals surface area (Å²) < 4.78 is 0. The minimum absolute atomic E-state index is 0.00239. The Labute approximate surface area is 177 Å². The first-order valence-electron chi connectivity index (χ1n) is 9.94. The molecule has 0 radical (unpaired) electrons. The first-order valence-corrected chi connectivity index (χ1v) is 9.94. The van der Waals surface area contributed by atoms with Gasteiger partial charge in [0.15, 0.2) is 0 Å². The van der Waals surface area contributed by atoms with Crippen molar-refractivity contribution in [1.82, 2.24) is 10.3 Å². The van der Waals surface area contributed by atoms with Crippen molar-refractivity contribution in [1.29, 1.82) is 0 Å². The van der Waals surface area contributed by atoms with E-state index < -0.39 is 5.54 Å². The maximum Gasteiger partial charge on any atom is 0.240 e. The predicted molar refractivity (Wildman–Crippen MR) is 118 cm³/mol. The molecule has 0 unspecified atom stereocenters. The van der Waals surface area contributed by atoms with Crippen LogP contribution in [-0.4, -0.2) is 34.8 Å². The largest absolute Gasteiger partial charge is 0.350 e. The number of anilines is 2. The SMILES string of the molecule is Cc1cc(C)cc(N(CC(=O)NC(C)(C)C)C(=O)CCC(=O)Nc2ccccn2)c1. The molecule has 1 heterocycles. The number of amides is 3. The molecular weight excluding hydrogens is 380 g/mol. The Morgan fingerprint density at radius 2 is 1.63 bits per heavy atom. The fourth-order valence-corrected chi connectivity index (χ4v) is 3.03. The van der Waals surface area contributed by atoms with Crippen LogP contribution in [0.25, 0.3) is 0 Å². The molecule has 0 aliphatic rings. The summed E-state index contributed by atoms with van der Waals surface area (Å²) in [5.74, 6) is -0.416. The van der Waals surface area contributed by atoms with Crippen LogP contribution in [0.5, 0.6) is 0 Å². The van der Waals surface area contributed by atoms with E-state index in [2.05, 4.69) is 15.6 Å². The van der Waals surface area contributed by atoms with Crippen LogP contribution in [0.3, 0.4) is 0 Å². The highest BCUT2D eigenvalue weighted by molar-refractivity contribution is 6.01. The minimum Gasteiger partial charge on any atom is -0.350 e. The van der Waals surface area contributed by atoms with Gasteiger partial charge in [0.1, 0.15) is 12.4 Å². The van der Waals surface area contributed by atoms with Gasteiger partial charge < -0.3 is 15.5 Å². The van der Waals surface area contributed by atoms with E-state index >= 15 is 0 Å². The van der Waals surface area contributed by atoms with E-state index in [-0.39, 0.29) is 37.1 Å². The van der Waals surface area contributed by atoms with Gasteiger partial charge >= 0.3 is 0 Å². The van der Waals surface area contributed by atoms with Gasteiger partial charge in [0.2, 0.25) is 17.7 Å². The summed E-state index contributed by atoms with van der Waals surface area (Å²) in [5.41, 5.74) is 2.22. The highest BCUT2D eigenvalue weighted by Gasteiger charge is 2.23. The fraction of sp³-hybridized carbons (Fsp3) is 0.391. The van der Waals surface area contributed by atoms with Gasteiger partial charge in [-0.3, -0.25) is 14.4 Å². The lowest BCUT2D eigenvalue weighted by Gasteiger charge is -2.26. The predicted octanol–water partition coefficient (Wildman–Crippen LogP) is 3.37. The van der Waals surface area contributed by atoms with E-state index in [1.807, 2.05) is 52.8 Å². The molecule has 0 aliphatic carbocycles. The molecule has 160 valence electrons. The summed E-state index contributed by atoms with van der Waals surface area (Å²) in [4.78, 5) is 43.2. The van der Waals surface area contributed by atoms with Crippen LogP contribution in [0.15, 0.2) is 42.6 Å². The van der Waals surface area contributed by atoms with Crippen molar-refractivity contribution in [2.24, 2.45) is 0 Å². The molecular formula is C23H30N4O3. The van der Waals surface area contributed by atoms with Gasteiger partial charge in [-0.15, -0.1) is 0 Å². The van der Waals surface area contributed by atoms with Gasteiger partial charge in [0, 0.05) is 30.3 Å². The molecule has 3 amide bonds. The molecule has 7 heteroatoms. The molecule has 30 heavy (non-hydrogen) atoms. The molecule has 7 nitrogen and oxygen atoms in total. The molecule has 0 spiro atoms. The molecule has 1 aromatic carbocycles. The molecule has 2 N–H and O–H groups in total. The van der Waals surface area contributed by atoms with Crippen LogP contribution >= 0.6 is 0 Å². The topological polar surface area (TPSA) is 91.4 Å². The van der Waals surface area contributed by atoms with Gasteiger partial charge in [-0.25, -0.2) is 4.98 Å². The zero-order valence-electron chi connectivity index (χ0n) is 18.3. The van der Waals surface area contributed by atoms with E-state index in [9.17, 15) is 14.4 Å². The Hall–Kier alpha value is -3.22. The number of aryl methyl sites for hydroxylation is 2. The van der Waals surface area contributed by atoms with Crippen molar-refractivity contribution in [3.63, 3.8) is 0 Å². The van der Waals surface area contributed by atoms with Gasteiger partial charge in [-0.05, 0) is 70.0 Å². The summed E-state index contributed by atoms with van der Waals surface area (Å²) in [5, 5.41) is 5.55. The standard InChI is InChI=1S/C23H30N4O3/c1-16-12-17(2)14-18(13-16)27(15-21(29)26-23(3,4)5)22(30)10-9-20(28)25-19-8-6-7-11-24-19/h6-8,11-14H,9-10,15H2,1-5H3,(H,26,29)(H,24,25,28). The number of carbonyl (C=O) groups is 3. The van der Waals surface area contributed by atoms with Crippen LogP contribution in [0.4, 0.5) is 11.5 Å². The van der Waals surface area contributed by atoms with Gasteiger partial charge in [0.05, 0.1) is 0 Å². The Morgan fingerprint density at radius 1 is 0.967 bits per heavy atom. The molecule has 0 bridgehead atoms. The molecule has 0 saturated carbocycles. The molecule has 2 rings (SSSR count). The summed E-state index contributed by atoms with van der Waals surface area (Å²) in [7, 11) is 0. The third-order valence-electron chi connectivity index (χ3n) is 4.13. The van der Waals surface area contributed by atoms with E-state index in [1.165, 1.54) is 4.90 Å². The molecule has 1 aromatic heterocycles. The van der Waals surface area contributed by atoms with E-state index in [0.717, 1.165) is 11.1 Å². The monoisotopic (exact) mass is 410 g/mol. The zero-order valence-corrected chi connectivity index (χ0v) is 18.3. The molecule has 0 saturated heterocycles. The fourth-order valence-electron chi connectivity index (χ4n) is 3.03. The van der Waals surface area contributed by atoms with Crippen molar-refractivity contribution in [3.05, 3.63) is 53.7 Å². The number of carbonyl (C=O) groups excluding carboxylic acids is 3. The molecule has 0 atom stereocenters. The average Bonchev–Trinajstić information content (AvgIpc) is 2.63.